The molecular weight excluding hydrogens is 286 g/mol. The van der Waals surface area contributed by atoms with Crippen molar-refractivity contribution in [3.05, 3.63) is 79.0 Å². The van der Waals surface area contributed by atoms with Gasteiger partial charge in [0, 0.05) is 43.1 Å². The van der Waals surface area contributed by atoms with E-state index in [1.54, 1.807) is 18.6 Å². The fourth-order valence-corrected chi connectivity index (χ4v) is 2.49. The summed E-state index contributed by atoms with van der Waals surface area (Å²) in [4.78, 5) is 13.2. The van der Waals surface area contributed by atoms with Crippen LogP contribution < -0.4 is 5.32 Å². The number of rotatable bonds is 4. The lowest BCUT2D eigenvalue weighted by atomic mass is 10.2. The highest BCUT2D eigenvalue weighted by atomic mass is 15.1. The SMILES string of the molecule is c1ccc(CNc2nc(-c3ccncc3)cn3ccnc23)cc1. The number of imidazole rings is 1. The molecule has 0 amide bonds. The summed E-state index contributed by atoms with van der Waals surface area (Å²) < 4.78 is 1.98. The Bertz CT molecular complexity index is 916. The van der Waals surface area contributed by atoms with Gasteiger partial charge in [0.25, 0.3) is 0 Å². The van der Waals surface area contributed by atoms with E-state index in [0.717, 1.165) is 22.7 Å². The molecule has 0 fully saturated rings. The van der Waals surface area contributed by atoms with Crippen molar-refractivity contribution >= 4 is 11.5 Å². The smallest absolute Gasteiger partial charge is 0.180 e. The number of fused-ring (bicyclic) bond motifs is 1. The van der Waals surface area contributed by atoms with Crippen molar-refractivity contribution in [2.75, 3.05) is 5.32 Å². The van der Waals surface area contributed by atoms with Crippen LogP contribution in [0.3, 0.4) is 0 Å². The second-order valence-electron chi connectivity index (χ2n) is 5.21. The number of benzene rings is 1. The number of hydrogen-bond acceptors (Lipinski definition) is 4. The van der Waals surface area contributed by atoms with Gasteiger partial charge in [-0.3, -0.25) is 4.98 Å². The first-order chi connectivity index (χ1) is 11.4. The predicted molar refractivity (Wildman–Crippen MR) is 90.0 cm³/mol. The number of aromatic nitrogens is 4. The molecule has 0 aliphatic carbocycles. The van der Waals surface area contributed by atoms with E-state index in [-0.39, 0.29) is 0 Å². The number of pyridine rings is 1. The summed E-state index contributed by atoms with van der Waals surface area (Å²) in [6.07, 6.45) is 9.22. The first-order valence-corrected chi connectivity index (χ1v) is 7.42. The van der Waals surface area contributed by atoms with Crippen molar-refractivity contribution in [1.29, 1.82) is 0 Å². The third kappa shape index (κ3) is 2.76. The molecule has 1 N–H and O–H groups in total. The van der Waals surface area contributed by atoms with Crippen LogP contribution >= 0.6 is 0 Å². The predicted octanol–water partition coefficient (Wildman–Crippen LogP) is 3.40. The summed E-state index contributed by atoms with van der Waals surface area (Å²) in [7, 11) is 0. The molecule has 1 aromatic carbocycles. The van der Waals surface area contributed by atoms with E-state index in [1.807, 2.05) is 47.1 Å². The molecule has 0 aliphatic heterocycles. The zero-order valence-electron chi connectivity index (χ0n) is 12.4. The maximum atomic E-state index is 4.74. The first-order valence-electron chi connectivity index (χ1n) is 7.42. The van der Waals surface area contributed by atoms with Crippen molar-refractivity contribution in [1.82, 2.24) is 19.4 Å². The normalized spacial score (nSPS) is 10.8. The molecule has 3 heterocycles. The molecule has 4 rings (SSSR count). The van der Waals surface area contributed by atoms with Crippen LogP contribution in [0, 0.1) is 0 Å². The van der Waals surface area contributed by atoms with Crippen LogP contribution in [0.4, 0.5) is 5.82 Å². The fourth-order valence-electron chi connectivity index (χ4n) is 2.49. The van der Waals surface area contributed by atoms with Crippen molar-refractivity contribution in [2.45, 2.75) is 6.54 Å². The molecule has 5 heteroatoms. The van der Waals surface area contributed by atoms with Gasteiger partial charge in [-0.05, 0) is 17.7 Å². The average molecular weight is 301 g/mol. The molecule has 0 unspecified atom stereocenters. The fraction of sp³-hybridized carbons (Fsp3) is 0.0556. The molecule has 0 atom stereocenters. The summed E-state index contributed by atoms with van der Waals surface area (Å²) >= 11 is 0. The van der Waals surface area contributed by atoms with Crippen LogP contribution in [0.5, 0.6) is 0 Å². The van der Waals surface area contributed by atoms with Gasteiger partial charge in [-0.15, -0.1) is 0 Å². The van der Waals surface area contributed by atoms with Crippen molar-refractivity contribution in [2.24, 2.45) is 0 Å². The number of anilines is 1. The minimum atomic E-state index is 0.705. The second-order valence-corrected chi connectivity index (χ2v) is 5.21. The van der Waals surface area contributed by atoms with Crippen LogP contribution in [0.1, 0.15) is 5.56 Å². The Kier molecular flexibility index (Phi) is 3.44. The highest BCUT2D eigenvalue weighted by Gasteiger charge is 2.08. The third-order valence-corrected chi connectivity index (χ3v) is 3.65. The van der Waals surface area contributed by atoms with Crippen LogP contribution in [-0.2, 0) is 6.54 Å². The van der Waals surface area contributed by atoms with Crippen molar-refractivity contribution in [3.63, 3.8) is 0 Å². The molecule has 5 nitrogen and oxygen atoms in total. The van der Waals surface area contributed by atoms with Crippen molar-refractivity contribution < 1.29 is 0 Å². The van der Waals surface area contributed by atoms with Gasteiger partial charge in [-0.25, -0.2) is 9.97 Å². The number of nitrogens with zero attached hydrogens (tertiary/aromatic N) is 4. The van der Waals surface area contributed by atoms with E-state index in [0.29, 0.717) is 6.54 Å². The molecule has 23 heavy (non-hydrogen) atoms. The van der Waals surface area contributed by atoms with E-state index in [9.17, 15) is 0 Å². The highest BCUT2D eigenvalue weighted by molar-refractivity contribution is 5.69. The molecule has 0 radical (unpaired) electrons. The van der Waals surface area contributed by atoms with Crippen LogP contribution in [0.15, 0.2) is 73.4 Å². The van der Waals surface area contributed by atoms with E-state index >= 15 is 0 Å². The van der Waals surface area contributed by atoms with Gasteiger partial charge in [0.2, 0.25) is 0 Å². The largest absolute Gasteiger partial charge is 0.363 e. The van der Waals surface area contributed by atoms with Gasteiger partial charge >= 0.3 is 0 Å². The zero-order valence-corrected chi connectivity index (χ0v) is 12.4. The summed E-state index contributed by atoms with van der Waals surface area (Å²) in [5, 5.41) is 3.39. The third-order valence-electron chi connectivity index (χ3n) is 3.65. The molecule has 112 valence electrons. The van der Waals surface area contributed by atoms with E-state index in [2.05, 4.69) is 27.4 Å². The Labute approximate surface area is 133 Å². The Balaban J connectivity index is 1.71. The van der Waals surface area contributed by atoms with Gasteiger partial charge < -0.3 is 9.72 Å². The number of hydrogen-bond donors (Lipinski definition) is 1. The van der Waals surface area contributed by atoms with Gasteiger partial charge in [0.15, 0.2) is 11.5 Å². The van der Waals surface area contributed by atoms with E-state index in [4.69, 9.17) is 4.98 Å². The molecule has 4 aromatic rings. The Morgan fingerprint density at radius 1 is 0.957 bits per heavy atom. The van der Waals surface area contributed by atoms with Crippen molar-refractivity contribution in [3.8, 4) is 11.3 Å². The Morgan fingerprint density at radius 3 is 2.61 bits per heavy atom. The summed E-state index contributed by atoms with van der Waals surface area (Å²) in [5.41, 5.74) is 3.93. The molecular formula is C18H15N5. The number of nitrogens with one attached hydrogen (secondary N) is 1. The van der Waals surface area contributed by atoms with Gasteiger partial charge in [0.05, 0.1) is 5.69 Å². The average Bonchev–Trinajstić information content (AvgIpc) is 3.10. The lowest BCUT2D eigenvalue weighted by Gasteiger charge is -2.10. The first kappa shape index (κ1) is 13.5. The minimum absolute atomic E-state index is 0.705. The van der Waals surface area contributed by atoms with Gasteiger partial charge in [-0.1, -0.05) is 30.3 Å². The van der Waals surface area contributed by atoms with Crippen LogP contribution in [0.2, 0.25) is 0 Å². The molecule has 0 saturated carbocycles. The monoisotopic (exact) mass is 301 g/mol. The second kappa shape index (κ2) is 5.88. The standard InChI is InChI=1S/C18H15N5/c1-2-4-14(5-3-1)12-21-17-18-20-10-11-23(18)13-16(22-17)15-6-8-19-9-7-15/h1-11,13H,12H2,(H,21,22). The summed E-state index contributed by atoms with van der Waals surface area (Å²) in [5.74, 6) is 0.771. The Morgan fingerprint density at radius 2 is 1.78 bits per heavy atom. The molecule has 0 aliphatic rings. The Hall–Kier alpha value is -3.21. The van der Waals surface area contributed by atoms with E-state index < -0.39 is 0 Å². The van der Waals surface area contributed by atoms with E-state index in [1.165, 1.54) is 5.56 Å². The molecule has 0 saturated heterocycles. The van der Waals surface area contributed by atoms with Crippen LogP contribution in [-0.4, -0.2) is 19.4 Å². The van der Waals surface area contributed by atoms with Crippen LogP contribution in [0.25, 0.3) is 16.9 Å². The summed E-state index contributed by atoms with van der Waals surface area (Å²) in [6, 6.07) is 14.1. The molecule has 0 spiro atoms. The van der Waals surface area contributed by atoms with Gasteiger partial charge in [0.1, 0.15) is 0 Å². The topological polar surface area (TPSA) is 55.1 Å². The zero-order chi connectivity index (χ0) is 15.5. The molecule has 3 aromatic heterocycles. The quantitative estimate of drug-likeness (QED) is 0.627. The highest BCUT2D eigenvalue weighted by Crippen LogP contribution is 2.21. The lowest BCUT2D eigenvalue weighted by molar-refractivity contribution is 1.07. The molecule has 0 bridgehead atoms. The maximum absolute atomic E-state index is 4.74. The maximum Gasteiger partial charge on any atom is 0.180 e. The summed E-state index contributed by atoms with van der Waals surface area (Å²) in [6.45, 7) is 0.705. The lowest BCUT2D eigenvalue weighted by Crippen LogP contribution is -2.05. The minimum Gasteiger partial charge on any atom is -0.363 e. The van der Waals surface area contributed by atoms with Gasteiger partial charge in [-0.2, -0.15) is 0 Å².